The van der Waals surface area contributed by atoms with Crippen LogP contribution in [0.2, 0.25) is 0 Å². The van der Waals surface area contributed by atoms with Gasteiger partial charge in [0.15, 0.2) is 0 Å². The van der Waals surface area contributed by atoms with Crippen molar-refractivity contribution < 1.29 is 9.90 Å². The molecule has 1 aromatic heterocycles. The number of nitrogens with two attached hydrogens (primary N) is 1. The van der Waals surface area contributed by atoms with Crippen LogP contribution in [0.5, 0.6) is 0 Å². The minimum atomic E-state index is -0.220. The number of carbonyl (C=O) groups excluding carboxylic acids is 1. The van der Waals surface area contributed by atoms with E-state index in [1.807, 2.05) is 13.0 Å². The molecular formula is C14H23N3O2S. The van der Waals surface area contributed by atoms with Crippen LogP contribution in [-0.4, -0.2) is 35.1 Å². The molecule has 1 aliphatic heterocycles. The first kappa shape index (κ1) is 15.4. The second kappa shape index (κ2) is 7.17. The molecule has 0 aromatic carbocycles. The van der Waals surface area contributed by atoms with E-state index in [0.29, 0.717) is 10.9 Å². The highest BCUT2D eigenvalue weighted by atomic mass is 32.1. The van der Waals surface area contributed by atoms with E-state index in [2.05, 4.69) is 10.3 Å². The summed E-state index contributed by atoms with van der Waals surface area (Å²) in [6, 6.07) is 2.51. The van der Waals surface area contributed by atoms with Crippen molar-refractivity contribution in [3.63, 3.8) is 0 Å². The van der Waals surface area contributed by atoms with Crippen LogP contribution in [-0.2, 0) is 6.54 Å². The lowest BCUT2D eigenvalue weighted by Crippen LogP contribution is -2.30. The number of carbonyl (C=O) groups is 1. The Bertz CT molecular complexity index is 461. The van der Waals surface area contributed by atoms with Crippen LogP contribution in [0.25, 0.3) is 0 Å². The number of thiophene rings is 1. The molecule has 112 valence electrons. The van der Waals surface area contributed by atoms with Crippen LogP contribution >= 0.6 is 11.3 Å². The fraction of sp³-hybridized carbons (Fsp3) is 0.643. The predicted molar refractivity (Wildman–Crippen MR) is 80.5 cm³/mol. The number of rotatable bonds is 6. The maximum absolute atomic E-state index is 11.6. The van der Waals surface area contributed by atoms with Gasteiger partial charge in [-0.15, -0.1) is 11.3 Å². The van der Waals surface area contributed by atoms with Crippen molar-refractivity contribution in [1.29, 1.82) is 0 Å². The van der Waals surface area contributed by atoms with Gasteiger partial charge in [-0.25, -0.2) is 5.84 Å². The van der Waals surface area contributed by atoms with Crippen molar-refractivity contribution in [2.45, 2.75) is 45.2 Å². The third kappa shape index (κ3) is 3.58. The number of aryl methyl sites for hydroxylation is 1. The van der Waals surface area contributed by atoms with E-state index in [1.54, 1.807) is 0 Å². The molecule has 6 heteroatoms. The Morgan fingerprint density at radius 3 is 3.15 bits per heavy atom. The lowest BCUT2D eigenvalue weighted by atomic mass is 10.1. The molecule has 4 N–H and O–H groups in total. The summed E-state index contributed by atoms with van der Waals surface area (Å²) in [7, 11) is 0. The highest BCUT2D eigenvalue weighted by Gasteiger charge is 2.25. The van der Waals surface area contributed by atoms with Gasteiger partial charge >= 0.3 is 0 Å². The number of nitrogens with one attached hydrogen (secondary N) is 1. The zero-order chi connectivity index (χ0) is 14.5. The molecule has 0 radical (unpaired) electrons. The van der Waals surface area contributed by atoms with E-state index in [0.717, 1.165) is 25.9 Å². The number of hydrogen-bond acceptors (Lipinski definition) is 5. The predicted octanol–water partition coefficient (Wildman–Crippen LogP) is 1.40. The van der Waals surface area contributed by atoms with E-state index in [-0.39, 0.29) is 12.5 Å². The summed E-state index contributed by atoms with van der Waals surface area (Å²) in [4.78, 5) is 15.9. The van der Waals surface area contributed by atoms with E-state index in [1.165, 1.54) is 34.6 Å². The molecule has 0 spiro atoms. The molecule has 20 heavy (non-hydrogen) atoms. The third-order valence-electron chi connectivity index (χ3n) is 3.94. The number of hydrogen-bond donors (Lipinski definition) is 3. The summed E-state index contributed by atoms with van der Waals surface area (Å²) in [6.07, 6.45) is 4.34. The molecular weight excluding hydrogens is 274 g/mol. The van der Waals surface area contributed by atoms with Crippen LogP contribution in [0.15, 0.2) is 6.07 Å². The Morgan fingerprint density at radius 1 is 1.65 bits per heavy atom. The second-order valence-corrected chi connectivity index (χ2v) is 6.55. The van der Waals surface area contributed by atoms with Crippen molar-refractivity contribution in [3.8, 4) is 0 Å². The lowest BCUT2D eigenvalue weighted by Gasteiger charge is -2.24. The topological polar surface area (TPSA) is 78.6 Å². The SMILES string of the molecule is Cc1sc(C(=O)NN)cc1CN1CCCC1CCCO. The van der Waals surface area contributed by atoms with E-state index in [4.69, 9.17) is 10.9 Å². The van der Waals surface area contributed by atoms with Gasteiger partial charge in [0, 0.05) is 24.1 Å². The molecule has 0 saturated carbocycles. The molecule has 1 saturated heterocycles. The second-order valence-electron chi connectivity index (χ2n) is 5.30. The Kier molecular flexibility index (Phi) is 5.54. The molecule has 0 aliphatic carbocycles. The van der Waals surface area contributed by atoms with Crippen molar-refractivity contribution >= 4 is 17.2 Å². The van der Waals surface area contributed by atoms with Crippen molar-refractivity contribution in [1.82, 2.24) is 10.3 Å². The van der Waals surface area contributed by atoms with Gasteiger partial charge in [-0.3, -0.25) is 15.1 Å². The number of amides is 1. The van der Waals surface area contributed by atoms with Crippen LogP contribution in [0.3, 0.4) is 0 Å². The maximum atomic E-state index is 11.6. The molecule has 1 amide bonds. The summed E-state index contributed by atoms with van der Waals surface area (Å²) in [5.41, 5.74) is 3.39. The van der Waals surface area contributed by atoms with Gasteiger partial charge in [-0.05, 0) is 50.8 Å². The van der Waals surface area contributed by atoms with Crippen LogP contribution in [0.1, 0.15) is 45.8 Å². The lowest BCUT2D eigenvalue weighted by molar-refractivity contribution is 0.0957. The molecule has 5 nitrogen and oxygen atoms in total. The van der Waals surface area contributed by atoms with Crippen LogP contribution < -0.4 is 11.3 Å². The number of aliphatic hydroxyl groups excluding tert-OH is 1. The highest BCUT2D eigenvalue weighted by Crippen LogP contribution is 2.28. The largest absolute Gasteiger partial charge is 0.396 e. The van der Waals surface area contributed by atoms with Gasteiger partial charge in [0.05, 0.1) is 4.88 Å². The van der Waals surface area contributed by atoms with Crippen molar-refractivity contribution in [2.75, 3.05) is 13.2 Å². The molecule has 2 heterocycles. The Hall–Kier alpha value is -0.950. The average Bonchev–Trinajstić information content (AvgIpc) is 3.03. The Morgan fingerprint density at radius 2 is 2.45 bits per heavy atom. The van der Waals surface area contributed by atoms with Crippen molar-refractivity contribution in [2.24, 2.45) is 5.84 Å². The summed E-state index contributed by atoms with van der Waals surface area (Å²) >= 11 is 1.49. The Labute approximate surface area is 123 Å². The minimum Gasteiger partial charge on any atom is -0.396 e. The van der Waals surface area contributed by atoms with Crippen LogP contribution in [0.4, 0.5) is 0 Å². The van der Waals surface area contributed by atoms with Gasteiger partial charge in [-0.1, -0.05) is 0 Å². The molecule has 1 aromatic rings. The fourth-order valence-electron chi connectivity index (χ4n) is 2.84. The van der Waals surface area contributed by atoms with Gasteiger partial charge in [0.1, 0.15) is 0 Å². The van der Waals surface area contributed by atoms with E-state index in [9.17, 15) is 4.79 Å². The van der Waals surface area contributed by atoms with Crippen LogP contribution in [0, 0.1) is 6.92 Å². The standard InChI is InChI=1S/C14H23N3O2S/c1-10-11(8-13(20-10)14(19)16-15)9-17-6-2-4-12(17)5-3-7-18/h8,12,18H,2-7,9,15H2,1H3,(H,16,19). The first-order valence-electron chi connectivity index (χ1n) is 7.11. The summed E-state index contributed by atoms with van der Waals surface area (Å²) in [6.45, 7) is 4.30. The molecule has 2 rings (SSSR count). The zero-order valence-electron chi connectivity index (χ0n) is 11.9. The summed E-state index contributed by atoms with van der Waals surface area (Å²) < 4.78 is 0. The number of hydrazine groups is 1. The fourth-order valence-corrected chi connectivity index (χ4v) is 3.77. The first-order chi connectivity index (χ1) is 9.65. The Balaban J connectivity index is 2.01. The monoisotopic (exact) mass is 297 g/mol. The quantitative estimate of drug-likeness (QED) is 0.421. The van der Waals surface area contributed by atoms with Crippen molar-refractivity contribution in [3.05, 3.63) is 21.4 Å². The van der Waals surface area contributed by atoms with Gasteiger partial charge in [0.25, 0.3) is 5.91 Å². The number of likely N-dealkylation sites (tertiary alicyclic amines) is 1. The summed E-state index contributed by atoms with van der Waals surface area (Å²) in [5, 5.41) is 8.97. The number of nitrogen functional groups attached to an aromatic ring is 1. The number of aliphatic hydroxyl groups is 1. The molecule has 0 bridgehead atoms. The van der Waals surface area contributed by atoms with Gasteiger partial charge in [-0.2, -0.15) is 0 Å². The smallest absolute Gasteiger partial charge is 0.275 e. The van der Waals surface area contributed by atoms with E-state index < -0.39 is 0 Å². The van der Waals surface area contributed by atoms with Gasteiger partial charge < -0.3 is 5.11 Å². The molecule has 1 unspecified atom stereocenters. The zero-order valence-corrected chi connectivity index (χ0v) is 12.7. The molecule has 1 fully saturated rings. The highest BCUT2D eigenvalue weighted by molar-refractivity contribution is 7.14. The average molecular weight is 297 g/mol. The van der Waals surface area contributed by atoms with Gasteiger partial charge in [0.2, 0.25) is 0 Å². The first-order valence-corrected chi connectivity index (χ1v) is 7.92. The number of nitrogens with zero attached hydrogens (tertiary/aromatic N) is 1. The minimum absolute atomic E-state index is 0.220. The van der Waals surface area contributed by atoms with E-state index >= 15 is 0 Å². The summed E-state index contributed by atoms with van der Waals surface area (Å²) in [5.74, 6) is 4.96. The molecule has 1 aliphatic rings. The third-order valence-corrected chi connectivity index (χ3v) is 5.03. The molecule has 1 atom stereocenters. The normalized spacial score (nSPS) is 19.4. The maximum Gasteiger partial charge on any atom is 0.275 e.